The SMILES string of the molecule is CC(Nc1ccc(OCC(=O)N(C)C)cc1)c1cccc(CO)c1. The number of likely N-dealkylation sites (N-methyl/N-ethyl adjacent to an activating group) is 1. The number of rotatable bonds is 7. The summed E-state index contributed by atoms with van der Waals surface area (Å²) in [6, 6.07) is 15.5. The van der Waals surface area contributed by atoms with Crippen LogP contribution < -0.4 is 10.1 Å². The first-order valence-corrected chi connectivity index (χ1v) is 7.89. The van der Waals surface area contributed by atoms with Crippen LogP contribution in [0.4, 0.5) is 5.69 Å². The second-order valence-corrected chi connectivity index (χ2v) is 5.87. The van der Waals surface area contributed by atoms with E-state index < -0.39 is 0 Å². The van der Waals surface area contributed by atoms with E-state index in [0.29, 0.717) is 5.75 Å². The third-order valence-corrected chi connectivity index (χ3v) is 3.73. The van der Waals surface area contributed by atoms with E-state index in [1.54, 1.807) is 14.1 Å². The monoisotopic (exact) mass is 328 g/mol. The second-order valence-electron chi connectivity index (χ2n) is 5.87. The van der Waals surface area contributed by atoms with E-state index >= 15 is 0 Å². The van der Waals surface area contributed by atoms with Gasteiger partial charge in [-0.3, -0.25) is 4.79 Å². The van der Waals surface area contributed by atoms with Crippen LogP contribution in [0.25, 0.3) is 0 Å². The summed E-state index contributed by atoms with van der Waals surface area (Å²) in [5, 5.41) is 12.6. The Labute approximate surface area is 142 Å². The lowest BCUT2D eigenvalue weighted by Gasteiger charge is -2.17. The maximum atomic E-state index is 11.5. The molecule has 0 saturated carbocycles. The number of carbonyl (C=O) groups excluding carboxylic acids is 1. The first-order valence-electron chi connectivity index (χ1n) is 7.89. The summed E-state index contributed by atoms with van der Waals surface area (Å²) in [6.45, 7) is 2.14. The molecule has 0 heterocycles. The molecule has 0 saturated heterocycles. The van der Waals surface area contributed by atoms with Crippen molar-refractivity contribution < 1.29 is 14.6 Å². The minimum absolute atomic E-state index is 0.0319. The van der Waals surface area contributed by atoms with Crippen molar-refractivity contribution in [2.75, 3.05) is 26.0 Å². The van der Waals surface area contributed by atoms with Crippen molar-refractivity contribution in [2.24, 2.45) is 0 Å². The van der Waals surface area contributed by atoms with Gasteiger partial charge in [0.2, 0.25) is 0 Å². The number of aliphatic hydroxyl groups is 1. The average molecular weight is 328 g/mol. The van der Waals surface area contributed by atoms with E-state index in [2.05, 4.69) is 12.2 Å². The minimum atomic E-state index is -0.0745. The van der Waals surface area contributed by atoms with Crippen LogP contribution in [0.15, 0.2) is 48.5 Å². The summed E-state index contributed by atoms with van der Waals surface area (Å²) in [4.78, 5) is 13.0. The van der Waals surface area contributed by atoms with Gasteiger partial charge in [0.15, 0.2) is 6.61 Å². The van der Waals surface area contributed by atoms with Crippen LogP contribution in [0.2, 0.25) is 0 Å². The van der Waals surface area contributed by atoms with Crippen LogP contribution in [0.5, 0.6) is 5.75 Å². The van der Waals surface area contributed by atoms with E-state index in [1.165, 1.54) is 4.90 Å². The van der Waals surface area contributed by atoms with Crippen LogP contribution in [0, 0.1) is 0 Å². The molecule has 0 bridgehead atoms. The summed E-state index contributed by atoms with van der Waals surface area (Å²) < 4.78 is 5.46. The third-order valence-electron chi connectivity index (χ3n) is 3.73. The Bertz CT molecular complexity index is 669. The Balaban J connectivity index is 1.94. The van der Waals surface area contributed by atoms with Gasteiger partial charge < -0.3 is 20.1 Å². The molecular weight excluding hydrogens is 304 g/mol. The van der Waals surface area contributed by atoms with E-state index in [9.17, 15) is 9.90 Å². The number of anilines is 1. The lowest BCUT2D eigenvalue weighted by molar-refractivity contribution is -0.130. The van der Waals surface area contributed by atoms with Crippen molar-refractivity contribution in [1.29, 1.82) is 0 Å². The Morgan fingerprint density at radius 1 is 1.21 bits per heavy atom. The molecule has 0 aliphatic rings. The van der Waals surface area contributed by atoms with Gasteiger partial charge in [-0.05, 0) is 42.3 Å². The number of nitrogens with zero attached hydrogens (tertiary/aromatic N) is 1. The molecule has 24 heavy (non-hydrogen) atoms. The molecule has 2 aromatic rings. The molecule has 0 fully saturated rings. The van der Waals surface area contributed by atoms with Crippen molar-refractivity contribution in [1.82, 2.24) is 4.90 Å². The summed E-state index contributed by atoms with van der Waals surface area (Å²) in [5.74, 6) is 0.584. The lowest BCUT2D eigenvalue weighted by atomic mass is 10.1. The largest absolute Gasteiger partial charge is 0.484 e. The molecule has 5 heteroatoms. The van der Waals surface area contributed by atoms with Gasteiger partial charge in [0.25, 0.3) is 5.91 Å². The van der Waals surface area contributed by atoms with Crippen molar-refractivity contribution in [3.8, 4) is 5.75 Å². The molecule has 1 amide bonds. The number of nitrogens with one attached hydrogen (secondary N) is 1. The number of amides is 1. The Hall–Kier alpha value is -2.53. The topological polar surface area (TPSA) is 61.8 Å². The zero-order valence-electron chi connectivity index (χ0n) is 14.3. The second kappa shape index (κ2) is 8.36. The van der Waals surface area contributed by atoms with E-state index in [0.717, 1.165) is 16.8 Å². The first-order chi connectivity index (χ1) is 11.5. The number of benzene rings is 2. The molecule has 128 valence electrons. The molecule has 0 spiro atoms. The maximum absolute atomic E-state index is 11.5. The predicted molar refractivity (Wildman–Crippen MR) is 95.0 cm³/mol. The highest BCUT2D eigenvalue weighted by Crippen LogP contribution is 2.22. The fraction of sp³-hybridized carbons (Fsp3) is 0.316. The summed E-state index contributed by atoms with van der Waals surface area (Å²) in [6.07, 6.45) is 0. The van der Waals surface area contributed by atoms with Gasteiger partial charge in [-0.1, -0.05) is 24.3 Å². The van der Waals surface area contributed by atoms with Crippen molar-refractivity contribution >= 4 is 11.6 Å². The van der Waals surface area contributed by atoms with Crippen LogP contribution in [-0.2, 0) is 11.4 Å². The molecule has 1 unspecified atom stereocenters. The number of carbonyl (C=O) groups is 1. The number of aliphatic hydroxyl groups excluding tert-OH is 1. The van der Waals surface area contributed by atoms with Crippen LogP contribution in [-0.4, -0.2) is 36.6 Å². The Morgan fingerprint density at radius 2 is 1.92 bits per heavy atom. The molecule has 5 nitrogen and oxygen atoms in total. The average Bonchev–Trinajstić information content (AvgIpc) is 2.60. The van der Waals surface area contributed by atoms with Crippen LogP contribution in [0.3, 0.4) is 0 Å². The molecule has 2 N–H and O–H groups in total. The predicted octanol–water partition coefficient (Wildman–Crippen LogP) is 2.82. The normalized spacial score (nSPS) is 11.7. The van der Waals surface area contributed by atoms with Gasteiger partial charge in [-0.25, -0.2) is 0 Å². The standard InChI is InChI=1S/C19H24N2O3/c1-14(16-6-4-5-15(11-16)12-22)20-17-7-9-18(10-8-17)24-13-19(23)21(2)3/h4-11,14,20,22H,12-13H2,1-3H3. The summed E-state index contributed by atoms with van der Waals surface area (Å²) in [5.41, 5.74) is 2.97. The minimum Gasteiger partial charge on any atom is -0.484 e. The van der Waals surface area contributed by atoms with E-state index in [-0.39, 0.29) is 25.2 Å². The van der Waals surface area contributed by atoms with Crippen LogP contribution in [0.1, 0.15) is 24.1 Å². The van der Waals surface area contributed by atoms with Gasteiger partial charge in [0, 0.05) is 25.8 Å². The number of hydrogen-bond acceptors (Lipinski definition) is 4. The summed E-state index contributed by atoms with van der Waals surface area (Å²) in [7, 11) is 3.40. The van der Waals surface area contributed by atoms with Crippen molar-refractivity contribution in [3.05, 3.63) is 59.7 Å². The maximum Gasteiger partial charge on any atom is 0.259 e. The zero-order valence-corrected chi connectivity index (χ0v) is 14.3. The van der Waals surface area contributed by atoms with E-state index in [1.807, 2.05) is 48.5 Å². The van der Waals surface area contributed by atoms with Gasteiger partial charge >= 0.3 is 0 Å². The molecule has 0 aliphatic heterocycles. The molecule has 0 aliphatic carbocycles. The van der Waals surface area contributed by atoms with Gasteiger partial charge in [0.1, 0.15) is 5.75 Å². The lowest BCUT2D eigenvalue weighted by Crippen LogP contribution is -2.27. The molecule has 1 atom stereocenters. The fourth-order valence-electron chi connectivity index (χ4n) is 2.22. The molecule has 0 aromatic heterocycles. The van der Waals surface area contributed by atoms with E-state index in [4.69, 9.17) is 4.74 Å². The van der Waals surface area contributed by atoms with Crippen LogP contribution >= 0.6 is 0 Å². The Kier molecular flexibility index (Phi) is 6.21. The highest BCUT2D eigenvalue weighted by Gasteiger charge is 2.07. The molecular formula is C19H24N2O3. The van der Waals surface area contributed by atoms with Crippen molar-refractivity contribution in [3.63, 3.8) is 0 Å². The van der Waals surface area contributed by atoms with Gasteiger partial charge in [0.05, 0.1) is 6.61 Å². The highest BCUT2D eigenvalue weighted by molar-refractivity contribution is 5.77. The quantitative estimate of drug-likeness (QED) is 0.820. The fourth-order valence-corrected chi connectivity index (χ4v) is 2.22. The first kappa shape index (κ1) is 17.8. The molecule has 0 radical (unpaired) electrons. The zero-order chi connectivity index (χ0) is 17.5. The molecule has 2 aromatic carbocycles. The number of hydrogen-bond donors (Lipinski definition) is 2. The number of ether oxygens (including phenoxy) is 1. The summed E-state index contributed by atoms with van der Waals surface area (Å²) >= 11 is 0. The van der Waals surface area contributed by atoms with Crippen molar-refractivity contribution in [2.45, 2.75) is 19.6 Å². The van der Waals surface area contributed by atoms with Gasteiger partial charge in [-0.2, -0.15) is 0 Å². The third kappa shape index (κ3) is 4.99. The molecule has 2 rings (SSSR count). The smallest absolute Gasteiger partial charge is 0.259 e. The van der Waals surface area contributed by atoms with Gasteiger partial charge in [-0.15, -0.1) is 0 Å². The highest BCUT2D eigenvalue weighted by atomic mass is 16.5. The Morgan fingerprint density at radius 3 is 2.54 bits per heavy atom.